The molecule has 0 amide bonds. The highest BCUT2D eigenvalue weighted by atomic mass is 28.4. The molecule has 13 rings (SSSR count). The number of esters is 9. The molecular formula is C113H120O23Si. The quantitative estimate of drug-likeness (QED) is 0.0148. The fourth-order valence-corrected chi connectivity index (χ4v) is 21.7. The lowest BCUT2D eigenvalue weighted by Gasteiger charge is -2.45. The van der Waals surface area contributed by atoms with Crippen molar-refractivity contribution in [1.29, 1.82) is 0 Å². The van der Waals surface area contributed by atoms with Crippen LogP contribution in [0.4, 0.5) is 0 Å². The van der Waals surface area contributed by atoms with Gasteiger partial charge in [-0.3, -0.25) is 0 Å². The number of carbonyl (C=O) groups is 9. The van der Waals surface area contributed by atoms with Crippen molar-refractivity contribution in [2.24, 2.45) is 0 Å². The van der Waals surface area contributed by atoms with E-state index in [1.807, 2.05) is 49.4 Å². The predicted molar refractivity (Wildman–Crippen MR) is 518 cm³/mol. The first kappa shape index (κ1) is 101. The van der Waals surface area contributed by atoms with Crippen molar-refractivity contribution < 1.29 is 109 Å². The van der Waals surface area contributed by atoms with Gasteiger partial charge < -0.3 is 66.0 Å². The first-order valence-corrected chi connectivity index (χ1v) is 49.3. The molecule has 13 atom stereocenters. The van der Waals surface area contributed by atoms with Crippen LogP contribution < -0.4 is 10.4 Å². The summed E-state index contributed by atoms with van der Waals surface area (Å²) in [7, 11) is -3.17. The maximum Gasteiger partial charge on any atom is 0.338 e. The summed E-state index contributed by atoms with van der Waals surface area (Å²) in [6.07, 6.45) is -5.60. The van der Waals surface area contributed by atoms with Gasteiger partial charge in [-0.05, 0) is 170 Å². The Morgan fingerprint density at radius 3 is 0.781 bits per heavy atom. The van der Waals surface area contributed by atoms with Crippen LogP contribution in [0.2, 0.25) is 5.04 Å². The smallest absolute Gasteiger partial charge is 0.338 e. The lowest BCUT2D eigenvalue weighted by atomic mass is 9.97. The Morgan fingerprint density at radius 1 is 0.270 bits per heavy atom. The number of ether oxygens (including phenoxy) is 13. The van der Waals surface area contributed by atoms with Gasteiger partial charge in [0.15, 0.2) is 49.2 Å². The van der Waals surface area contributed by atoms with E-state index in [2.05, 4.69) is 45.0 Å². The fourth-order valence-electron chi connectivity index (χ4n) is 17.2. The van der Waals surface area contributed by atoms with Crippen LogP contribution in [0.3, 0.4) is 0 Å². The molecule has 0 spiro atoms. The van der Waals surface area contributed by atoms with Crippen LogP contribution in [-0.2, 0) is 66.0 Å². The van der Waals surface area contributed by atoms with Crippen molar-refractivity contribution in [2.45, 2.75) is 222 Å². The molecule has 2 aliphatic heterocycles. The maximum absolute atomic E-state index is 14.8. The van der Waals surface area contributed by atoms with Gasteiger partial charge in [0.1, 0.15) is 25.4 Å². The van der Waals surface area contributed by atoms with Crippen LogP contribution >= 0.6 is 0 Å². The van der Waals surface area contributed by atoms with Crippen LogP contribution in [0.15, 0.2) is 334 Å². The number of unbranched alkanes of at least 4 members (excludes halogenated alkanes) is 10. The molecule has 0 unspecified atom stereocenters. The molecule has 11 aromatic rings. The second-order valence-electron chi connectivity index (χ2n) is 35.2. The van der Waals surface area contributed by atoms with Crippen LogP contribution in [0.5, 0.6) is 0 Å². The third-order valence-electron chi connectivity index (χ3n) is 24.3. The molecule has 0 bridgehead atoms. The number of hydrogen-bond donors (Lipinski definition) is 0. The molecule has 714 valence electrons. The molecule has 0 N–H and O–H groups in total. The molecule has 2 fully saturated rings. The van der Waals surface area contributed by atoms with Gasteiger partial charge in [-0.1, -0.05) is 316 Å². The summed E-state index contributed by atoms with van der Waals surface area (Å²) in [6.45, 7) is 7.59. The van der Waals surface area contributed by atoms with Gasteiger partial charge >= 0.3 is 53.7 Å². The first-order chi connectivity index (χ1) is 66.8. The van der Waals surface area contributed by atoms with Crippen molar-refractivity contribution in [3.8, 4) is 0 Å². The molecule has 24 heteroatoms. The first-order valence-electron chi connectivity index (χ1n) is 47.4. The summed E-state index contributed by atoms with van der Waals surface area (Å²) in [5.74, 6) is -6.83. The minimum Gasteiger partial charge on any atom is -0.459 e. The third-order valence-corrected chi connectivity index (χ3v) is 29.4. The Morgan fingerprint density at radius 2 is 0.496 bits per heavy atom. The number of benzene rings is 11. The molecule has 2 aliphatic rings. The van der Waals surface area contributed by atoms with Crippen LogP contribution in [-0.4, -0.2) is 162 Å². The lowest BCUT2D eigenvalue weighted by molar-refractivity contribution is -0.309. The number of rotatable bonds is 48. The van der Waals surface area contributed by atoms with Gasteiger partial charge in [0.25, 0.3) is 8.32 Å². The van der Waals surface area contributed by atoms with Gasteiger partial charge in [0, 0.05) is 6.61 Å². The predicted octanol–water partition coefficient (Wildman–Crippen LogP) is 20.7. The molecule has 0 aliphatic carbocycles. The summed E-state index contributed by atoms with van der Waals surface area (Å²) in [4.78, 5) is 129. The van der Waals surface area contributed by atoms with E-state index in [0.717, 1.165) is 55.3 Å². The van der Waals surface area contributed by atoms with E-state index < -0.39 is 154 Å². The van der Waals surface area contributed by atoms with E-state index in [-0.39, 0.29) is 63.6 Å². The van der Waals surface area contributed by atoms with Crippen molar-refractivity contribution in [1.82, 2.24) is 0 Å². The van der Waals surface area contributed by atoms with E-state index in [4.69, 9.17) is 66.0 Å². The molecule has 0 aromatic heterocycles. The lowest BCUT2D eigenvalue weighted by Crippen LogP contribution is -2.66. The highest BCUT2D eigenvalue weighted by molar-refractivity contribution is 6.99. The van der Waals surface area contributed by atoms with Crippen LogP contribution in [0.25, 0.3) is 0 Å². The molecule has 2 saturated heterocycles. The summed E-state index contributed by atoms with van der Waals surface area (Å²) in [6, 6.07) is 95.4. The maximum atomic E-state index is 14.8. The second kappa shape index (κ2) is 52.1. The Hall–Kier alpha value is -13.3. The van der Waals surface area contributed by atoms with E-state index >= 15 is 0 Å². The highest BCUT2D eigenvalue weighted by Gasteiger charge is 2.57. The molecular weight excluding hydrogens is 1750 g/mol. The topological polar surface area (TPSA) is 283 Å². The number of hydrogen-bond acceptors (Lipinski definition) is 23. The molecule has 11 aromatic carbocycles. The minimum atomic E-state index is -3.17. The average Bonchev–Trinajstić information content (AvgIpc) is 0.746. The van der Waals surface area contributed by atoms with E-state index in [1.54, 1.807) is 267 Å². The van der Waals surface area contributed by atoms with Crippen molar-refractivity contribution in [3.05, 3.63) is 384 Å². The molecule has 0 radical (unpaired) electrons. The van der Waals surface area contributed by atoms with Crippen LogP contribution in [0, 0.1) is 0 Å². The van der Waals surface area contributed by atoms with Crippen molar-refractivity contribution in [2.75, 3.05) is 19.8 Å². The van der Waals surface area contributed by atoms with E-state index in [9.17, 15) is 43.2 Å². The molecule has 2 heterocycles. The standard InChI is InChI=1S/C113H120O23Si/c1-80(126-104(116)83-55-29-15-30-56-83)50-24-12-45-70-90(127-111-100(135-109(121)88-65-39-20-40-66-88)98(133-107(119)86-61-35-18-36-62-86)96(131-105(117)84-57-31-16-32-58-84)94(129-111)78-123-102(114)81-51-25-13-26-52-81)69-43-10-8-6-5-7-9-11-44-71-91(76-77-125-137(113(2,3)4,92-72-46-22-47-73-92)93-74-48-23-49-75-93)128-112-101(136-110(122)89-67-41-21-42-68-89)99(134-108(120)87-63-37-19-38-64-87)97(132-106(118)85-59-33-17-34-60-85)95(130-112)79-124-103(115)82-53-27-14-28-54-82/h13-23,25-42,46-49,51-68,72-75,80,90-91,94-101,111-112H,5-12,24,43-45,50,69-71,76-79H2,1-4H3/t80-,90+,91-,94-,95-,96-,97-,98+,99+,100-,101-,111-,112-/m1/s1. The fraction of sp³-hybridized carbons (Fsp3) is 0.336. The zero-order valence-electron chi connectivity index (χ0n) is 77.8. The highest BCUT2D eigenvalue weighted by Crippen LogP contribution is 2.40. The Kier molecular flexibility index (Phi) is 38.5. The van der Waals surface area contributed by atoms with Crippen molar-refractivity contribution in [3.63, 3.8) is 0 Å². The van der Waals surface area contributed by atoms with Crippen LogP contribution in [0.1, 0.15) is 230 Å². The van der Waals surface area contributed by atoms with Gasteiger partial charge in [0.05, 0.1) is 68.4 Å². The van der Waals surface area contributed by atoms with Gasteiger partial charge in [-0.25, -0.2) is 43.2 Å². The Labute approximate surface area is 802 Å². The van der Waals surface area contributed by atoms with Gasteiger partial charge in [-0.2, -0.15) is 0 Å². The van der Waals surface area contributed by atoms with E-state index in [1.165, 1.54) is 0 Å². The van der Waals surface area contributed by atoms with Crippen molar-refractivity contribution >= 4 is 72.4 Å². The summed E-state index contributed by atoms with van der Waals surface area (Å²) >= 11 is 0. The van der Waals surface area contributed by atoms with E-state index in [0.29, 0.717) is 63.4 Å². The zero-order valence-corrected chi connectivity index (χ0v) is 78.8. The SMILES string of the molecule is C[C@H](CCCCC[C@H](CCCCCCCCCCC[C@H](CCO[Si](c1ccccc1)(c1ccccc1)C(C)(C)C)O[C@@H]1O[C@H](COC(=O)c2ccccc2)[C@@H](OC(=O)c2ccccc2)[C@H](OC(=O)c2ccccc2)[C@H]1OC(=O)c1ccccc1)O[C@@H]1O[C@H](COC(=O)c2ccccc2)[C@@H](OC(=O)c2ccccc2)[C@H](OC(=O)c2ccccc2)[C@H]1OC(=O)c1ccccc1)OC(=O)c1ccccc1. The number of carbonyl (C=O) groups excluding carboxylic acids is 9. The summed E-state index contributed by atoms with van der Waals surface area (Å²) in [5.41, 5.74) is 1.80. The summed E-state index contributed by atoms with van der Waals surface area (Å²) < 4.78 is 92.7. The molecule has 0 saturated carbocycles. The van der Waals surface area contributed by atoms with Gasteiger partial charge in [0.2, 0.25) is 0 Å². The molecule has 137 heavy (non-hydrogen) atoms. The second-order valence-corrected chi connectivity index (χ2v) is 39.5. The Bertz CT molecular complexity index is 5520. The minimum absolute atomic E-state index is 0.138. The third kappa shape index (κ3) is 29.4. The summed E-state index contributed by atoms with van der Waals surface area (Å²) in [5, 5.41) is 1.74. The molecule has 23 nitrogen and oxygen atoms in total. The average molecular weight is 1870 g/mol. The zero-order chi connectivity index (χ0) is 96.0. The Balaban J connectivity index is 0.743. The monoisotopic (exact) mass is 1870 g/mol. The normalized spacial score (nSPS) is 18.7. The largest absolute Gasteiger partial charge is 0.459 e. The van der Waals surface area contributed by atoms with Gasteiger partial charge in [-0.15, -0.1) is 0 Å².